The first kappa shape index (κ1) is 13.6. The lowest BCUT2D eigenvalue weighted by Gasteiger charge is -2.25. The maximum absolute atomic E-state index is 12.3. The third-order valence-electron chi connectivity index (χ3n) is 4.77. The van der Waals surface area contributed by atoms with Gasteiger partial charge in [0.25, 0.3) is 0 Å². The van der Waals surface area contributed by atoms with E-state index in [-0.39, 0.29) is 11.9 Å². The van der Waals surface area contributed by atoms with Crippen LogP contribution in [0.1, 0.15) is 37.3 Å². The predicted octanol–water partition coefficient (Wildman–Crippen LogP) is 2.25. The van der Waals surface area contributed by atoms with Crippen LogP contribution in [0, 0.1) is 11.8 Å². The minimum absolute atomic E-state index is 0.0660. The number of hydrogen-bond acceptors (Lipinski definition) is 2. The van der Waals surface area contributed by atoms with Gasteiger partial charge in [-0.05, 0) is 42.2 Å². The van der Waals surface area contributed by atoms with Crippen molar-refractivity contribution in [3.8, 4) is 0 Å². The van der Waals surface area contributed by atoms with Crippen molar-refractivity contribution in [2.45, 2.75) is 45.2 Å². The SMILES string of the molecule is CC1CCC(CNC(=O)[C@@H]2Cc3ccccc3CN2)C1. The van der Waals surface area contributed by atoms with Crippen LogP contribution in [0.4, 0.5) is 0 Å². The third-order valence-corrected chi connectivity index (χ3v) is 4.77. The number of rotatable bonds is 3. The van der Waals surface area contributed by atoms with Gasteiger partial charge in [-0.2, -0.15) is 0 Å². The molecule has 20 heavy (non-hydrogen) atoms. The maximum Gasteiger partial charge on any atom is 0.237 e. The van der Waals surface area contributed by atoms with Gasteiger partial charge in [-0.3, -0.25) is 4.79 Å². The van der Waals surface area contributed by atoms with E-state index in [9.17, 15) is 4.79 Å². The Morgan fingerprint density at radius 1 is 1.30 bits per heavy atom. The van der Waals surface area contributed by atoms with Crippen LogP contribution in [0.25, 0.3) is 0 Å². The Balaban J connectivity index is 1.51. The molecule has 2 N–H and O–H groups in total. The van der Waals surface area contributed by atoms with Gasteiger partial charge in [0.05, 0.1) is 6.04 Å². The van der Waals surface area contributed by atoms with E-state index < -0.39 is 0 Å². The smallest absolute Gasteiger partial charge is 0.237 e. The van der Waals surface area contributed by atoms with E-state index in [4.69, 9.17) is 0 Å². The Morgan fingerprint density at radius 2 is 2.10 bits per heavy atom. The van der Waals surface area contributed by atoms with E-state index in [0.717, 1.165) is 25.4 Å². The Morgan fingerprint density at radius 3 is 2.85 bits per heavy atom. The molecule has 2 unspecified atom stereocenters. The molecule has 0 aromatic heterocycles. The monoisotopic (exact) mass is 272 g/mol. The van der Waals surface area contributed by atoms with Crippen LogP contribution in [-0.4, -0.2) is 18.5 Å². The third kappa shape index (κ3) is 3.04. The molecular weight excluding hydrogens is 248 g/mol. The van der Waals surface area contributed by atoms with Crippen molar-refractivity contribution in [1.82, 2.24) is 10.6 Å². The summed E-state index contributed by atoms with van der Waals surface area (Å²) in [5.74, 6) is 1.68. The molecule has 0 spiro atoms. The maximum atomic E-state index is 12.3. The van der Waals surface area contributed by atoms with Crippen molar-refractivity contribution in [1.29, 1.82) is 0 Å². The molecule has 0 radical (unpaired) electrons. The summed E-state index contributed by atoms with van der Waals surface area (Å²) in [5.41, 5.74) is 2.63. The number of carbonyl (C=O) groups is 1. The number of hydrogen-bond donors (Lipinski definition) is 2. The lowest BCUT2D eigenvalue weighted by atomic mass is 9.95. The van der Waals surface area contributed by atoms with Gasteiger partial charge in [0, 0.05) is 13.1 Å². The highest BCUT2D eigenvalue weighted by molar-refractivity contribution is 5.82. The van der Waals surface area contributed by atoms with Crippen LogP contribution >= 0.6 is 0 Å². The summed E-state index contributed by atoms with van der Waals surface area (Å²) in [6, 6.07) is 8.32. The minimum Gasteiger partial charge on any atom is -0.354 e. The first-order valence-electron chi connectivity index (χ1n) is 7.80. The largest absolute Gasteiger partial charge is 0.354 e. The molecule has 1 aliphatic carbocycles. The van der Waals surface area contributed by atoms with Crippen LogP contribution in [-0.2, 0) is 17.8 Å². The van der Waals surface area contributed by atoms with Gasteiger partial charge in [0.2, 0.25) is 5.91 Å². The van der Waals surface area contributed by atoms with Gasteiger partial charge in [0.15, 0.2) is 0 Å². The van der Waals surface area contributed by atoms with Crippen LogP contribution < -0.4 is 10.6 Å². The molecule has 1 amide bonds. The number of nitrogens with one attached hydrogen (secondary N) is 2. The van der Waals surface area contributed by atoms with Gasteiger partial charge in [-0.1, -0.05) is 37.6 Å². The standard InChI is InChI=1S/C17H24N2O/c1-12-6-7-13(8-12)10-19-17(20)16-9-14-4-2-3-5-15(14)11-18-16/h2-5,12-13,16,18H,6-11H2,1H3,(H,19,20)/t12?,13?,16-/m0/s1. The molecule has 3 heteroatoms. The van der Waals surface area contributed by atoms with Crippen molar-refractivity contribution in [3.05, 3.63) is 35.4 Å². The van der Waals surface area contributed by atoms with Crippen LogP contribution in [0.5, 0.6) is 0 Å². The van der Waals surface area contributed by atoms with E-state index >= 15 is 0 Å². The molecule has 1 saturated carbocycles. The summed E-state index contributed by atoms with van der Waals surface area (Å²) in [6.07, 6.45) is 4.66. The molecule has 1 aromatic rings. The zero-order valence-electron chi connectivity index (χ0n) is 12.2. The molecule has 0 bridgehead atoms. The van der Waals surface area contributed by atoms with Crippen molar-refractivity contribution < 1.29 is 4.79 Å². The van der Waals surface area contributed by atoms with Crippen LogP contribution in [0.2, 0.25) is 0 Å². The molecule has 108 valence electrons. The van der Waals surface area contributed by atoms with Gasteiger partial charge in [-0.25, -0.2) is 0 Å². The highest BCUT2D eigenvalue weighted by atomic mass is 16.2. The Hall–Kier alpha value is -1.35. The Kier molecular flexibility index (Phi) is 4.06. The molecule has 3 nitrogen and oxygen atoms in total. The first-order chi connectivity index (χ1) is 9.72. The Labute approximate surface area is 121 Å². The zero-order chi connectivity index (χ0) is 13.9. The van der Waals surface area contributed by atoms with Crippen LogP contribution in [0.3, 0.4) is 0 Å². The van der Waals surface area contributed by atoms with E-state index in [0.29, 0.717) is 5.92 Å². The number of amides is 1. The number of carbonyl (C=O) groups excluding carboxylic acids is 1. The Bertz CT molecular complexity index is 486. The molecule has 2 aliphatic rings. The molecule has 1 fully saturated rings. The molecule has 0 saturated heterocycles. The average Bonchev–Trinajstić information content (AvgIpc) is 2.90. The number of fused-ring (bicyclic) bond motifs is 1. The number of benzene rings is 1. The molecule has 3 rings (SSSR count). The van der Waals surface area contributed by atoms with Crippen molar-refractivity contribution in [3.63, 3.8) is 0 Å². The molecular formula is C17H24N2O. The predicted molar refractivity (Wildman–Crippen MR) is 80.3 cm³/mol. The second-order valence-corrected chi connectivity index (χ2v) is 6.44. The van der Waals surface area contributed by atoms with E-state index in [1.807, 2.05) is 0 Å². The summed E-state index contributed by atoms with van der Waals surface area (Å²) in [7, 11) is 0. The van der Waals surface area contributed by atoms with E-state index in [1.165, 1.54) is 30.4 Å². The van der Waals surface area contributed by atoms with E-state index in [1.54, 1.807) is 0 Å². The van der Waals surface area contributed by atoms with E-state index in [2.05, 4.69) is 41.8 Å². The van der Waals surface area contributed by atoms with Gasteiger partial charge in [0.1, 0.15) is 0 Å². The molecule has 1 heterocycles. The molecule has 3 atom stereocenters. The summed E-state index contributed by atoms with van der Waals surface area (Å²) in [5, 5.41) is 6.49. The first-order valence-corrected chi connectivity index (χ1v) is 7.80. The van der Waals surface area contributed by atoms with Crippen molar-refractivity contribution in [2.75, 3.05) is 6.54 Å². The molecule has 1 aromatic carbocycles. The summed E-state index contributed by atoms with van der Waals surface area (Å²) in [4.78, 5) is 12.3. The molecule has 1 aliphatic heterocycles. The second kappa shape index (κ2) is 5.96. The highest BCUT2D eigenvalue weighted by Gasteiger charge is 2.26. The minimum atomic E-state index is -0.0660. The van der Waals surface area contributed by atoms with Gasteiger partial charge < -0.3 is 10.6 Å². The van der Waals surface area contributed by atoms with Gasteiger partial charge in [-0.15, -0.1) is 0 Å². The second-order valence-electron chi connectivity index (χ2n) is 6.44. The quantitative estimate of drug-likeness (QED) is 0.886. The fourth-order valence-corrected chi connectivity index (χ4v) is 3.52. The highest BCUT2D eigenvalue weighted by Crippen LogP contribution is 2.29. The summed E-state index contributed by atoms with van der Waals surface area (Å²) < 4.78 is 0. The lowest BCUT2D eigenvalue weighted by Crippen LogP contribution is -2.48. The lowest BCUT2D eigenvalue weighted by molar-refractivity contribution is -0.123. The van der Waals surface area contributed by atoms with Crippen molar-refractivity contribution >= 4 is 5.91 Å². The normalized spacial score (nSPS) is 28.9. The fraction of sp³-hybridized carbons (Fsp3) is 0.588. The zero-order valence-corrected chi connectivity index (χ0v) is 12.2. The topological polar surface area (TPSA) is 41.1 Å². The average molecular weight is 272 g/mol. The fourth-order valence-electron chi connectivity index (χ4n) is 3.52. The van der Waals surface area contributed by atoms with Crippen LogP contribution in [0.15, 0.2) is 24.3 Å². The summed E-state index contributed by atoms with van der Waals surface area (Å²) in [6.45, 7) is 3.96. The van der Waals surface area contributed by atoms with Crippen molar-refractivity contribution in [2.24, 2.45) is 11.8 Å². The van der Waals surface area contributed by atoms with Gasteiger partial charge >= 0.3 is 0 Å². The summed E-state index contributed by atoms with van der Waals surface area (Å²) >= 11 is 0.